The lowest BCUT2D eigenvalue weighted by atomic mass is 10.0. The van der Waals surface area contributed by atoms with E-state index in [9.17, 15) is 92.3 Å². The van der Waals surface area contributed by atoms with Gasteiger partial charge < -0.3 is 108 Å². The third-order valence-electron chi connectivity index (χ3n) is 12.5. The molecular formula is C51H81N17O19. The smallest absolute Gasteiger partial charge is 0.326 e. The standard InChI is InChI=1S/C51H81N17O19/c1-23(2)40(68-47(83)33(22-38(75)76)65-42(78)27(13-9-17-59-51(57)58)60-41(77)26(12-7-8-16-52)61-48(84)39(56)24(3)69)49(85)67-31(20-36(55)72)45(81)64-30(19-35(54)71)44(80)63-29(18-25-10-5-4-6-11-25)43(79)66-32(21-37(73)74)46(82)62-28(50(86)87)14-15-34(53)70/h4-6,10-11,23-24,26-33,39-40,69H,7-9,12-22,52,56H2,1-3H3,(H2,53,70)(H2,54,71)(H2,55,72)(H,60,77)(H,61,84)(H,62,82)(H,63,80)(H,64,81)(H,65,78)(H,66,79)(H,67,85)(H,68,83)(H,73,74)(H,75,76)(H,86,87)(H4,57,58,59)/t24-,26+,27+,28+,29+,30+,31+,32+,33+,39+,40+/m1/s1. The number of nitrogens with one attached hydrogen (secondary N) is 9. The van der Waals surface area contributed by atoms with Gasteiger partial charge in [-0.1, -0.05) is 44.2 Å². The van der Waals surface area contributed by atoms with Gasteiger partial charge in [-0.3, -0.25) is 72.1 Å². The van der Waals surface area contributed by atoms with Crippen LogP contribution in [0, 0.1) is 5.92 Å². The fourth-order valence-electron chi connectivity index (χ4n) is 7.90. The second-order valence-electron chi connectivity index (χ2n) is 20.3. The number of carbonyl (C=O) groups excluding carboxylic acids is 12. The molecule has 27 N–H and O–H groups in total. The average Bonchev–Trinajstić information content (AvgIpc) is 2.71. The molecule has 36 nitrogen and oxygen atoms in total. The molecule has 36 heteroatoms. The van der Waals surface area contributed by atoms with Gasteiger partial charge >= 0.3 is 17.9 Å². The number of carboxylic acids is 3. The largest absolute Gasteiger partial charge is 0.481 e. The maximum Gasteiger partial charge on any atom is 0.326 e. The molecule has 0 aliphatic carbocycles. The fourth-order valence-corrected chi connectivity index (χ4v) is 7.90. The highest BCUT2D eigenvalue weighted by atomic mass is 16.4. The zero-order valence-corrected chi connectivity index (χ0v) is 48.1. The third-order valence-corrected chi connectivity index (χ3v) is 12.5. The number of aliphatic hydroxyl groups is 1. The second kappa shape index (κ2) is 38.4. The summed E-state index contributed by atoms with van der Waals surface area (Å²) in [5, 5.41) is 59.1. The van der Waals surface area contributed by atoms with Crippen LogP contribution in [0.25, 0.3) is 0 Å². The van der Waals surface area contributed by atoms with Crippen LogP contribution in [0.3, 0.4) is 0 Å². The molecule has 12 amide bonds. The summed E-state index contributed by atoms with van der Waals surface area (Å²) < 4.78 is 0. The first-order chi connectivity index (χ1) is 40.7. The van der Waals surface area contributed by atoms with Crippen molar-refractivity contribution in [2.75, 3.05) is 13.1 Å². The number of primary amides is 3. The number of unbranched alkanes of at least 4 members (excludes halogenated alkanes) is 1. The fraction of sp³-hybridized carbons (Fsp3) is 0.569. The van der Waals surface area contributed by atoms with Crippen LogP contribution in [-0.2, 0) is 78.3 Å². The monoisotopic (exact) mass is 1240 g/mol. The average molecular weight is 1240 g/mol. The lowest BCUT2D eigenvalue weighted by Gasteiger charge is -2.29. The van der Waals surface area contributed by atoms with Crippen molar-refractivity contribution in [3.05, 3.63) is 35.9 Å². The van der Waals surface area contributed by atoms with Crippen molar-refractivity contribution in [1.29, 1.82) is 0 Å². The van der Waals surface area contributed by atoms with Gasteiger partial charge in [-0.25, -0.2) is 4.79 Å². The maximum absolute atomic E-state index is 14.1. The molecule has 87 heavy (non-hydrogen) atoms. The minimum atomic E-state index is -2.05. The molecule has 0 saturated heterocycles. The Bertz CT molecular complexity index is 2640. The second-order valence-corrected chi connectivity index (χ2v) is 20.3. The quantitative estimate of drug-likeness (QED) is 0.0164. The molecule has 0 bridgehead atoms. The molecule has 0 aliphatic heterocycles. The Balaban J connectivity index is 3.62. The summed E-state index contributed by atoms with van der Waals surface area (Å²) >= 11 is 0. The Morgan fingerprint density at radius 3 is 1.26 bits per heavy atom. The molecule has 0 saturated carbocycles. The van der Waals surface area contributed by atoms with E-state index >= 15 is 0 Å². The first-order valence-electron chi connectivity index (χ1n) is 27.1. The number of amides is 12. The molecule has 484 valence electrons. The zero-order chi connectivity index (χ0) is 66.2. The summed E-state index contributed by atoms with van der Waals surface area (Å²) in [5.74, 6) is -20.6. The van der Waals surface area contributed by atoms with E-state index in [1.165, 1.54) is 45.0 Å². The van der Waals surface area contributed by atoms with E-state index < -0.39 is 206 Å². The molecule has 1 rings (SSSR count). The van der Waals surface area contributed by atoms with Crippen LogP contribution >= 0.6 is 0 Å². The van der Waals surface area contributed by atoms with Crippen LogP contribution in [0.4, 0.5) is 0 Å². The van der Waals surface area contributed by atoms with Crippen LogP contribution in [0.2, 0.25) is 0 Å². The molecule has 1 aromatic rings. The van der Waals surface area contributed by atoms with E-state index in [2.05, 4.69) is 47.5 Å². The number of aliphatic hydroxyl groups excluding tert-OH is 1. The topological polar surface area (TPSA) is 640 Å². The van der Waals surface area contributed by atoms with Gasteiger partial charge in [0.25, 0.3) is 0 Å². The Morgan fingerprint density at radius 2 is 0.851 bits per heavy atom. The molecule has 0 fully saturated rings. The van der Waals surface area contributed by atoms with Gasteiger partial charge in [-0.05, 0) is 63.5 Å². The first-order valence-corrected chi connectivity index (χ1v) is 27.1. The number of carbonyl (C=O) groups is 15. The number of hydrogen-bond acceptors (Lipinski definition) is 19. The van der Waals surface area contributed by atoms with Crippen LogP contribution in [0.15, 0.2) is 35.3 Å². The van der Waals surface area contributed by atoms with Crippen molar-refractivity contribution in [2.45, 2.75) is 164 Å². The van der Waals surface area contributed by atoms with Gasteiger partial charge in [-0.15, -0.1) is 0 Å². The summed E-state index contributed by atoms with van der Waals surface area (Å²) in [4.78, 5) is 200. The molecule has 0 aliphatic rings. The number of aliphatic carboxylic acids is 3. The van der Waals surface area contributed by atoms with Crippen molar-refractivity contribution >= 4 is 94.8 Å². The van der Waals surface area contributed by atoms with E-state index in [4.69, 9.17) is 40.1 Å². The van der Waals surface area contributed by atoms with Crippen LogP contribution in [-0.4, -0.2) is 195 Å². The van der Waals surface area contributed by atoms with Gasteiger partial charge in [-0.2, -0.15) is 0 Å². The van der Waals surface area contributed by atoms with Crippen LogP contribution in [0.1, 0.15) is 97.0 Å². The minimum absolute atomic E-state index is 0.000883. The first kappa shape index (κ1) is 75.4. The van der Waals surface area contributed by atoms with E-state index in [1.54, 1.807) is 6.07 Å². The van der Waals surface area contributed by atoms with Crippen LogP contribution < -0.4 is 88.0 Å². The Hall–Kier alpha value is -9.58. The van der Waals surface area contributed by atoms with Gasteiger partial charge in [0.05, 0.1) is 31.8 Å². The predicted molar refractivity (Wildman–Crippen MR) is 303 cm³/mol. The molecule has 1 aromatic carbocycles. The van der Waals surface area contributed by atoms with Gasteiger partial charge in [0.15, 0.2) is 5.96 Å². The van der Waals surface area contributed by atoms with Gasteiger partial charge in [0.1, 0.15) is 60.4 Å². The number of nitrogens with two attached hydrogens (primary N) is 7. The summed E-state index contributed by atoms with van der Waals surface area (Å²) in [6.45, 7) is 4.12. The number of hydrogen-bond donors (Lipinski definition) is 20. The number of benzene rings is 1. The summed E-state index contributed by atoms with van der Waals surface area (Å²) in [7, 11) is 0. The number of nitrogens with zero attached hydrogens (tertiary/aromatic N) is 1. The van der Waals surface area contributed by atoms with Crippen molar-refractivity contribution in [1.82, 2.24) is 47.9 Å². The van der Waals surface area contributed by atoms with E-state index in [-0.39, 0.29) is 38.3 Å². The molecule has 11 atom stereocenters. The third kappa shape index (κ3) is 29.7. The van der Waals surface area contributed by atoms with Crippen LogP contribution in [0.5, 0.6) is 0 Å². The molecular weight excluding hydrogens is 1150 g/mol. The lowest BCUT2D eigenvalue weighted by molar-refractivity contribution is -0.144. The Morgan fingerprint density at radius 1 is 0.460 bits per heavy atom. The lowest BCUT2D eigenvalue weighted by Crippen LogP contribution is -2.62. The number of carboxylic acid groups (broad SMARTS) is 3. The highest BCUT2D eigenvalue weighted by Gasteiger charge is 2.38. The zero-order valence-electron chi connectivity index (χ0n) is 48.1. The number of aliphatic imine (C=N–C) groups is 1. The summed E-state index contributed by atoms with van der Waals surface area (Å²) in [6, 6.07) is -10.2. The normalized spacial score (nSPS) is 14.7. The number of rotatable bonds is 42. The molecule has 0 spiro atoms. The van der Waals surface area contributed by atoms with Crippen molar-refractivity contribution < 1.29 is 92.3 Å². The van der Waals surface area contributed by atoms with E-state index in [1.807, 2.05) is 5.32 Å². The summed E-state index contributed by atoms with van der Waals surface area (Å²) in [6.07, 6.45) is -6.73. The molecule has 0 aromatic heterocycles. The predicted octanol–water partition coefficient (Wildman–Crippen LogP) is -8.81. The highest BCUT2D eigenvalue weighted by molar-refractivity contribution is 6.01. The van der Waals surface area contributed by atoms with Gasteiger partial charge in [0, 0.05) is 19.4 Å². The Labute approximate surface area is 498 Å². The SMILES string of the molecule is CC(C)[C@H](NC(=O)[C@H](CC(=O)O)NC(=O)[C@H](CCCN=C(N)N)NC(=O)[C@H](CCCCN)NC(=O)[C@@H](N)[C@@H](C)O)C(=O)N[C@@H](CC(N)=O)C(=O)N[C@@H](CC(N)=O)C(=O)N[C@@H](Cc1ccccc1)C(=O)N[C@@H](CC(=O)O)C(=O)N[C@@H](CCC(N)=O)C(=O)O. The number of guanidine groups is 1. The minimum Gasteiger partial charge on any atom is -0.481 e. The highest BCUT2D eigenvalue weighted by Crippen LogP contribution is 2.12. The van der Waals surface area contributed by atoms with Gasteiger partial charge in [0.2, 0.25) is 70.9 Å². The van der Waals surface area contributed by atoms with E-state index in [0.717, 1.165) is 0 Å². The Kier molecular flexibility index (Phi) is 33.3. The summed E-state index contributed by atoms with van der Waals surface area (Å²) in [5.41, 5.74) is 38.5. The van der Waals surface area contributed by atoms with Crippen molar-refractivity contribution in [3.8, 4) is 0 Å². The maximum atomic E-state index is 14.1. The van der Waals surface area contributed by atoms with E-state index in [0.29, 0.717) is 18.4 Å². The van der Waals surface area contributed by atoms with Crippen molar-refractivity contribution in [2.24, 2.45) is 51.0 Å². The molecule has 0 heterocycles. The molecule has 0 radical (unpaired) electrons. The van der Waals surface area contributed by atoms with Crippen molar-refractivity contribution in [3.63, 3.8) is 0 Å². The molecule has 0 unspecified atom stereocenters.